The molecule has 22 heavy (non-hydrogen) atoms. The second-order valence-electron chi connectivity index (χ2n) is 5.36. The average Bonchev–Trinajstić information content (AvgIpc) is 2.54. The minimum absolute atomic E-state index is 0.128. The predicted octanol–water partition coefficient (Wildman–Crippen LogP) is 3.25. The summed E-state index contributed by atoms with van der Waals surface area (Å²) in [5.74, 6) is 0.618. The summed E-state index contributed by atoms with van der Waals surface area (Å²) in [6, 6.07) is 7.27. The molecule has 124 valence electrons. The number of hydrogen-bond donors (Lipinski definition) is 1. The fourth-order valence-corrected chi connectivity index (χ4v) is 1.96. The Morgan fingerprint density at radius 3 is 2.41 bits per heavy atom. The van der Waals surface area contributed by atoms with Crippen molar-refractivity contribution in [3.63, 3.8) is 0 Å². The maximum absolute atomic E-state index is 12.4. The maximum Gasteiger partial charge on any atom is 0.256 e. The van der Waals surface area contributed by atoms with Gasteiger partial charge in [-0.15, -0.1) is 0 Å². The minimum Gasteiger partial charge on any atom is -0.491 e. The van der Waals surface area contributed by atoms with Crippen molar-refractivity contribution in [2.24, 2.45) is 0 Å². The maximum atomic E-state index is 12.4. The van der Waals surface area contributed by atoms with Crippen LogP contribution in [0.15, 0.2) is 24.3 Å². The number of rotatable bonds is 10. The zero-order valence-corrected chi connectivity index (χ0v) is 14.0. The third-order valence-electron chi connectivity index (χ3n) is 3.61. The molecule has 0 aliphatic heterocycles. The lowest BCUT2D eigenvalue weighted by atomic mass is 9.97. The van der Waals surface area contributed by atoms with Gasteiger partial charge in [-0.1, -0.05) is 19.8 Å². The molecule has 1 amide bonds. The zero-order valence-electron chi connectivity index (χ0n) is 14.0. The molecule has 0 fully saturated rings. The third-order valence-corrected chi connectivity index (χ3v) is 3.61. The average molecular weight is 309 g/mol. The van der Waals surface area contributed by atoms with Crippen LogP contribution in [-0.4, -0.2) is 38.9 Å². The number of unbranched alkanes of at least 4 members (excludes halogenated alkanes) is 1. The van der Waals surface area contributed by atoms with Crippen LogP contribution in [0.1, 0.15) is 33.1 Å². The lowest BCUT2D eigenvalue weighted by molar-refractivity contribution is -0.136. The first-order chi connectivity index (χ1) is 10.6. The van der Waals surface area contributed by atoms with Gasteiger partial charge in [0.2, 0.25) is 0 Å². The Morgan fingerprint density at radius 1 is 1.18 bits per heavy atom. The lowest BCUT2D eigenvalue weighted by Gasteiger charge is -2.26. The summed E-state index contributed by atoms with van der Waals surface area (Å²) in [5.41, 5.74) is -0.0761. The van der Waals surface area contributed by atoms with E-state index in [-0.39, 0.29) is 5.91 Å². The van der Waals surface area contributed by atoms with Crippen LogP contribution in [0.5, 0.6) is 5.75 Å². The van der Waals surface area contributed by atoms with Gasteiger partial charge in [0, 0.05) is 19.9 Å². The van der Waals surface area contributed by atoms with E-state index in [1.165, 1.54) is 0 Å². The number of amides is 1. The van der Waals surface area contributed by atoms with Crippen LogP contribution in [0.25, 0.3) is 0 Å². The van der Waals surface area contributed by atoms with E-state index in [1.807, 2.05) is 31.2 Å². The van der Waals surface area contributed by atoms with E-state index >= 15 is 0 Å². The van der Waals surface area contributed by atoms with E-state index in [0.29, 0.717) is 19.6 Å². The highest BCUT2D eigenvalue weighted by atomic mass is 16.5. The molecule has 0 aromatic heterocycles. The summed E-state index contributed by atoms with van der Waals surface area (Å²) in [5, 5.41) is 2.89. The first kappa shape index (κ1) is 18.5. The topological polar surface area (TPSA) is 56.8 Å². The van der Waals surface area contributed by atoms with Crippen molar-refractivity contribution in [3.05, 3.63) is 24.3 Å². The molecule has 0 saturated carbocycles. The van der Waals surface area contributed by atoms with Gasteiger partial charge in [-0.3, -0.25) is 4.79 Å². The second kappa shape index (κ2) is 9.43. The van der Waals surface area contributed by atoms with Crippen LogP contribution >= 0.6 is 0 Å². The van der Waals surface area contributed by atoms with E-state index in [4.69, 9.17) is 14.2 Å². The van der Waals surface area contributed by atoms with Gasteiger partial charge in [0.1, 0.15) is 18.0 Å². The summed E-state index contributed by atoms with van der Waals surface area (Å²) < 4.78 is 15.8. The first-order valence-electron chi connectivity index (χ1n) is 7.64. The van der Waals surface area contributed by atoms with Crippen molar-refractivity contribution >= 4 is 11.6 Å². The van der Waals surface area contributed by atoms with Gasteiger partial charge in [-0.05, 0) is 37.6 Å². The lowest BCUT2D eigenvalue weighted by Crippen LogP contribution is -2.41. The Labute approximate surface area is 132 Å². The van der Waals surface area contributed by atoms with Gasteiger partial charge < -0.3 is 19.5 Å². The summed E-state index contributed by atoms with van der Waals surface area (Å²) >= 11 is 0. The van der Waals surface area contributed by atoms with Gasteiger partial charge in [-0.25, -0.2) is 0 Å². The molecule has 0 aliphatic carbocycles. The normalized spacial score (nSPS) is 13.5. The molecule has 1 atom stereocenters. The van der Waals surface area contributed by atoms with E-state index in [0.717, 1.165) is 24.3 Å². The molecule has 5 nitrogen and oxygen atoms in total. The monoisotopic (exact) mass is 309 g/mol. The van der Waals surface area contributed by atoms with Crippen LogP contribution in [0.4, 0.5) is 5.69 Å². The van der Waals surface area contributed by atoms with Crippen LogP contribution < -0.4 is 10.1 Å². The molecule has 1 N–H and O–H groups in total. The molecule has 0 bridgehead atoms. The first-order valence-corrected chi connectivity index (χ1v) is 7.64. The Hall–Kier alpha value is -1.59. The van der Waals surface area contributed by atoms with E-state index in [1.54, 1.807) is 14.2 Å². The SMILES string of the molecule is CCCC[C@](C)(OC)C(=O)Nc1ccc(OCCOC)cc1. The number of benzene rings is 1. The molecule has 0 unspecified atom stereocenters. The molecule has 0 spiro atoms. The van der Waals surface area contributed by atoms with E-state index in [9.17, 15) is 4.79 Å². The fourth-order valence-electron chi connectivity index (χ4n) is 1.96. The van der Waals surface area contributed by atoms with Crippen LogP contribution in [0.2, 0.25) is 0 Å². The van der Waals surface area contributed by atoms with Gasteiger partial charge in [0.15, 0.2) is 0 Å². The Bertz CT molecular complexity index is 446. The quantitative estimate of drug-likeness (QED) is 0.674. The van der Waals surface area contributed by atoms with Crippen molar-refractivity contribution in [1.82, 2.24) is 0 Å². The van der Waals surface area contributed by atoms with Gasteiger partial charge in [-0.2, -0.15) is 0 Å². The van der Waals surface area contributed by atoms with Crippen molar-refractivity contribution in [2.75, 3.05) is 32.8 Å². The highest BCUT2D eigenvalue weighted by Gasteiger charge is 2.32. The number of hydrogen-bond acceptors (Lipinski definition) is 4. The van der Waals surface area contributed by atoms with E-state index < -0.39 is 5.60 Å². The number of methoxy groups -OCH3 is 2. The number of ether oxygens (including phenoxy) is 3. The molecule has 1 rings (SSSR count). The van der Waals surface area contributed by atoms with Crippen molar-refractivity contribution in [3.8, 4) is 5.75 Å². The number of nitrogens with one attached hydrogen (secondary N) is 1. The molecule has 1 aromatic rings. The van der Waals surface area contributed by atoms with Gasteiger partial charge in [0.25, 0.3) is 5.91 Å². The molecule has 0 aliphatic rings. The van der Waals surface area contributed by atoms with Crippen molar-refractivity contribution < 1.29 is 19.0 Å². The van der Waals surface area contributed by atoms with Crippen LogP contribution in [-0.2, 0) is 14.3 Å². The summed E-state index contributed by atoms with van der Waals surface area (Å²) in [7, 11) is 3.20. The highest BCUT2D eigenvalue weighted by molar-refractivity contribution is 5.97. The molecule has 0 heterocycles. The fraction of sp³-hybridized carbons (Fsp3) is 0.588. The predicted molar refractivity (Wildman–Crippen MR) is 87.4 cm³/mol. The Kier molecular flexibility index (Phi) is 7.91. The van der Waals surface area contributed by atoms with Gasteiger partial charge >= 0.3 is 0 Å². The number of carbonyl (C=O) groups excluding carboxylic acids is 1. The zero-order chi connectivity index (χ0) is 16.4. The van der Waals surface area contributed by atoms with Crippen molar-refractivity contribution in [1.29, 1.82) is 0 Å². The highest BCUT2D eigenvalue weighted by Crippen LogP contribution is 2.22. The Morgan fingerprint density at radius 2 is 1.86 bits per heavy atom. The largest absolute Gasteiger partial charge is 0.491 e. The minimum atomic E-state index is -0.802. The number of anilines is 1. The van der Waals surface area contributed by atoms with E-state index in [2.05, 4.69) is 12.2 Å². The molecule has 5 heteroatoms. The van der Waals surface area contributed by atoms with Crippen LogP contribution in [0.3, 0.4) is 0 Å². The smallest absolute Gasteiger partial charge is 0.256 e. The molecular weight excluding hydrogens is 282 g/mol. The standard InChI is InChI=1S/C17H27NO4/c1-5-6-11-17(2,21-4)16(19)18-14-7-9-15(10-8-14)22-13-12-20-3/h7-10H,5-6,11-13H2,1-4H3,(H,18,19)/t17-/m0/s1. The molecule has 0 saturated heterocycles. The second-order valence-corrected chi connectivity index (χ2v) is 5.36. The molecule has 0 radical (unpaired) electrons. The van der Waals surface area contributed by atoms with Crippen molar-refractivity contribution in [2.45, 2.75) is 38.7 Å². The summed E-state index contributed by atoms with van der Waals surface area (Å²) in [4.78, 5) is 12.4. The molecular formula is C17H27NO4. The van der Waals surface area contributed by atoms with Gasteiger partial charge in [0.05, 0.1) is 6.61 Å². The molecule has 1 aromatic carbocycles. The summed E-state index contributed by atoms with van der Waals surface area (Å²) in [6.07, 6.45) is 2.67. The Balaban J connectivity index is 2.59. The number of carbonyl (C=O) groups is 1. The third kappa shape index (κ3) is 5.66. The summed E-state index contributed by atoms with van der Waals surface area (Å²) in [6.45, 7) is 4.96. The van der Waals surface area contributed by atoms with Crippen LogP contribution in [0, 0.1) is 0 Å².